The van der Waals surface area contributed by atoms with E-state index in [9.17, 15) is 0 Å². The van der Waals surface area contributed by atoms with Crippen LogP contribution in [0.5, 0.6) is 0 Å². The van der Waals surface area contributed by atoms with Gasteiger partial charge in [-0.3, -0.25) is 0 Å². The minimum Gasteiger partial charge on any atom is -0.199 e. The molecule has 0 aliphatic carbocycles. The predicted molar refractivity (Wildman–Crippen MR) is 82.4 cm³/mol. The molecule has 17 heavy (non-hydrogen) atoms. The number of benzene rings is 2. The molecule has 0 atom stereocenters. The van der Waals surface area contributed by atoms with E-state index in [-0.39, 0.29) is 60.2 Å². The third kappa shape index (κ3) is 12.3. The van der Waals surface area contributed by atoms with Crippen molar-refractivity contribution in [2.24, 2.45) is 0 Å². The molecule has 2 aromatic rings. The van der Waals surface area contributed by atoms with Gasteiger partial charge in [-0.25, -0.2) is 0 Å². The van der Waals surface area contributed by atoms with Gasteiger partial charge >= 0.3 is 26.2 Å². The van der Waals surface area contributed by atoms with Crippen LogP contribution in [0.15, 0.2) is 60.7 Å². The van der Waals surface area contributed by atoms with Gasteiger partial charge in [-0.1, -0.05) is 12.1 Å². The Morgan fingerprint density at radius 1 is 0.529 bits per heavy atom. The quantitative estimate of drug-likeness (QED) is 0.517. The minimum atomic E-state index is 0. The summed E-state index contributed by atoms with van der Waals surface area (Å²) in [6.07, 6.45) is 0. The first kappa shape index (κ1) is 22.2. The molecule has 0 nitrogen and oxygen atoms in total. The maximum Gasteiger partial charge on any atom is 2.00 e. The van der Waals surface area contributed by atoms with Gasteiger partial charge in [0, 0.05) is 0 Å². The van der Waals surface area contributed by atoms with E-state index in [4.69, 9.17) is 0 Å². The second kappa shape index (κ2) is 14.1. The predicted octanol–water partition coefficient (Wildman–Crippen LogP) is 4.89. The third-order valence-corrected chi connectivity index (χ3v) is 1.69. The molecule has 0 heterocycles. The fourth-order valence-electron chi connectivity index (χ4n) is 0.956. The first-order valence-corrected chi connectivity index (χ1v) is 4.53. The molecule has 3 heteroatoms. The zero-order chi connectivity index (χ0) is 10.2. The standard InChI is InChI=1S/2C7H7.2BrH.Zr/c2*1-7-5-3-2-4-6-7;;;/h2*2-6H,1H2;2*1H;/q2*-1;;;+2. The molecule has 0 bridgehead atoms. The third-order valence-electron chi connectivity index (χ3n) is 1.69. The SMILES string of the molecule is Br.Br.[CH2-]c1ccccc1.[CH2-]c1ccccc1.[Zr+2]. The molecular formula is C14H16Br2Zr. The fourth-order valence-corrected chi connectivity index (χ4v) is 0.956. The minimum absolute atomic E-state index is 0. The van der Waals surface area contributed by atoms with Crippen molar-refractivity contribution in [3.63, 3.8) is 0 Å². The summed E-state index contributed by atoms with van der Waals surface area (Å²) >= 11 is 0. The number of hydrogen-bond acceptors (Lipinski definition) is 0. The first-order chi connectivity index (χ1) is 6.79. The van der Waals surface area contributed by atoms with Gasteiger partial charge in [-0.15, -0.1) is 58.2 Å². The van der Waals surface area contributed by atoms with Gasteiger partial charge in [0.05, 0.1) is 0 Å². The molecule has 0 radical (unpaired) electrons. The largest absolute Gasteiger partial charge is 2.00 e. The second-order valence-corrected chi connectivity index (χ2v) is 2.97. The van der Waals surface area contributed by atoms with Crippen molar-refractivity contribution in [1.82, 2.24) is 0 Å². The fraction of sp³-hybridized carbons (Fsp3) is 0. The Balaban J connectivity index is -0.000000196. The summed E-state index contributed by atoms with van der Waals surface area (Å²) in [5.41, 5.74) is 2.14. The molecule has 0 unspecified atom stereocenters. The molecule has 0 saturated heterocycles. The number of hydrogen-bond donors (Lipinski definition) is 0. The smallest absolute Gasteiger partial charge is 0.199 e. The van der Waals surface area contributed by atoms with Crippen LogP contribution in [0, 0.1) is 13.8 Å². The summed E-state index contributed by atoms with van der Waals surface area (Å²) < 4.78 is 0. The molecule has 0 aromatic heterocycles. The Bertz CT molecular complexity index is 312. The van der Waals surface area contributed by atoms with Crippen LogP contribution in [-0.2, 0) is 26.2 Å². The molecule has 90 valence electrons. The van der Waals surface area contributed by atoms with Crippen LogP contribution >= 0.6 is 34.0 Å². The molecule has 0 aliphatic heterocycles. The van der Waals surface area contributed by atoms with Crippen LogP contribution in [0.2, 0.25) is 0 Å². The normalized spacial score (nSPS) is 7.06. The molecule has 0 spiro atoms. The summed E-state index contributed by atoms with van der Waals surface area (Å²) in [6, 6.07) is 19.7. The molecule has 2 aromatic carbocycles. The van der Waals surface area contributed by atoms with Crippen LogP contribution in [0.4, 0.5) is 0 Å². The van der Waals surface area contributed by atoms with Gasteiger partial charge in [0.1, 0.15) is 0 Å². The van der Waals surface area contributed by atoms with Crippen molar-refractivity contribution in [2.75, 3.05) is 0 Å². The summed E-state index contributed by atoms with van der Waals surface area (Å²) in [5.74, 6) is 0. The van der Waals surface area contributed by atoms with Gasteiger partial charge in [-0.05, 0) is 0 Å². The summed E-state index contributed by atoms with van der Waals surface area (Å²) in [5, 5.41) is 0. The zero-order valence-electron chi connectivity index (χ0n) is 9.50. The Hall–Kier alpha value is 0.0231. The Morgan fingerprint density at radius 3 is 0.882 bits per heavy atom. The zero-order valence-corrected chi connectivity index (χ0v) is 15.4. The van der Waals surface area contributed by atoms with Crippen LogP contribution in [0.3, 0.4) is 0 Å². The Morgan fingerprint density at radius 2 is 0.765 bits per heavy atom. The van der Waals surface area contributed by atoms with E-state index >= 15 is 0 Å². The van der Waals surface area contributed by atoms with E-state index in [1.54, 1.807) is 0 Å². The average molecular weight is 435 g/mol. The monoisotopic (exact) mass is 432 g/mol. The van der Waals surface area contributed by atoms with Crippen molar-refractivity contribution in [1.29, 1.82) is 0 Å². The maximum absolute atomic E-state index is 3.72. The Labute approximate surface area is 144 Å². The van der Waals surface area contributed by atoms with Crippen LogP contribution in [0.25, 0.3) is 0 Å². The first-order valence-electron chi connectivity index (χ1n) is 4.53. The summed E-state index contributed by atoms with van der Waals surface area (Å²) in [7, 11) is 0. The molecule has 0 N–H and O–H groups in total. The van der Waals surface area contributed by atoms with Crippen molar-refractivity contribution in [3.05, 3.63) is 85.6 Å². The molecular weight excluding hydrogens is 419 g/mol. The second-order valence-electron chi connectivity index (χ2n) is 2.97. The van der Waals surface area contributed by atoms with Gasteiger partial charge in [0.25, 0.3) is 0 Å². The van der Waals surface area contributed by atoms with E-state index in [0.717, 1.165) is 11.1 Å². The van der Waals surface area contributed by atoms with Crippen molar-refractivity contribution in [3.8, 4) is 0 Å². The van der Waals surface area contributed by atoms with E-state index in [0.29, 0.717) is 0 Å². The van der Waals surface area contributed by atoms with E-state index in [1.807, 2.05) is 60.7 Å². The van der Waals surface area contributed by atoms with Crippen LogP contribution in [0.1, 0.15) is 11.1 Å². The number of halogens is 2. The van der Waals surface area contributed by atoms with Gasteiger partial charge in [0.15, 0.2) is 0 Å². The van der Waals surface area contributed by atoms with Crippen LogP contribution < -0.4 is 0 Å². The molecule has 0 saturated carbocycles. The van der Waals surface area contributed by atoms with E-state index in [1.165, 1.54) is 0 Å². The summed E-state index contributed by atoms with van der Waals surface area (Å²) in [6.45, 7) is 7.44. The Kier molecular flexibility index (Phi) is 18.4. The van der Waals surface area contributed by atoms with Gasteiger partial charge in [-0.2, -0.15) is 49.2 Å². The topological polar surface area (TPSA) is 0 Å². The number of rotatable bonds is 0. The van der Waals surface area contributed by atoms with Crippen molar-refractivity contribution >= 4 is 34.0 Å². The molecule has 2 rings (SSSR count). The van der Waals surface area contributed by atoms with Crippen molar-refractivity contribution < 1.29 is 26.2 Å². The van der Waals surface area contributed by atoms with E-state index < -0.39 is 0 Å². The van der Waals surface area contributed by atoms with Crippen molar-refractivity contribution in [2.45, 2.75) is 0 Å². The van der Waals surface area contributed by atoms with Crippen LogP contribution in [-0.4, -0.2) is 0 Å². The van der Waals surface area contributed by atoms with Gasteiger partial charge < -0.3 is 0 Å². The average Bonchev–Trinajstić information content (AvgIpc) is 2.21. The maximum atomic E-state index is 3.72. The van der Waals surface area contributed by atoms with E-state index in [2.05, 4.69) is 13.8 Å². The summed E-state index contributed by atoms with van der Waals surface area (Å²) in [4.78, 5) is 0. The molecule has 0 amide bonds. The molecule has 0 aliphatic rings. The van der Waals surface area contributed by atoms with Gasteiger partial charge in [0.2, 0.25) is 0 Å². The molecule has 0 fully saturated rings.